The van der Waals surface area contributed by atoms with Crippen molar-refractivity contribution >= 4 is 10.9 Å². The van der Waals surface area contributed by atoms with Crippen LogP contribution < -0.4 is 5.73 Å². The molecule has 3 aromatic rings. The van der Waals surface area contributed by atoms with Crippen molar-refractivity contribution in [3.05, 3.63) is 64.6 Å². The molecule has 0 saturated carbocycles. The van der Waals surface area contributed by atoms with Gasteiger partial charge in [-0.2, -0.15) is 10.2 Å². The average Bonchev–Trinajstić information content (AvgIpc) is 2.48. The van der Waals surface area contributed by atoms with Gasteiger partial charge in [0.2, 0.25) is 0 Å². The lowest BCUT2D eigenvalue weighted by Crippen LogP contribution is -2.15. The van der Waals surface area contributed by atoms with Gasteiger partial charge in [-0.1, -0.05) is 12.1 Å². The molecule has 0 spiro atoms. The Bertz CT molecular complexity index is 811. The third-order valence-corrected chi connectivity index (χ3v) is 3.69. The van der Waals surface area contributed by atoms with Gasteiger partial charge in [0, 0.05) is 11.1 Å². The van der Waals surface area contributed by atoms with E-state index in [1.807, 2.05) is 45.0 Å². The molecule has 2 heterocycles. The van der Waals surface area contributed by atoms with Crippen molar-refractivity contribution < 1.29 is 0 Å². The molecule has 0 saturated heterocycles. The van der Waals surface area contributed by atoms with Gasteiger partial charge in [0.15, 0.2) is 0 Å². The molecular weight excluding hydrogens is 260 g/mol. The molecule has 1 atom stereocenters. The van der Waals surface area contributed by atoms with E-state index in [1.165, 1.54) is 0 Å². The zero-order valence-corrected chi connectivity index (χ0v) is 12.5. The monoisotopic (exact) mass is 278 g/mol. The van der Waals surface area contributed by atoms with E-state index in [9.17, 15) is 0 Å². The van der Waals surface area contributed by atoms with Gasteiger partial charge in [-0.05, 0) is 56.2 Å². The van der Waals surface area contributed by atoms with E-state index in [4.69, 9.17) is 5.73 Å². The van der Waals surface area contributed by atoms with Crippen LogP contribution in [0.5, 0.6) is 0 Å². The summed E-state index contributed by atoms with van der Waals surface area (Å²) in [6.45, 7) is 5.86. The fraction of sp³-hybridized carbons (Fsp3) is 0.235. The Morgan fingerprint density at radius 3 is 2.52 bits per heavy atom. The Morgan fingerprint density at radius 2 is 1.71 bits per heavy atom. The third kappa shape index (κ3) is 2.62. The molecule has 0 aliphatic carbocycles. The fourth-order valence-electron chi connectivity index (χ4n) is 2.50. The van der Waals surface area contributed by atoms with E-state index in [0.29, 0.717) is 0 Å². The lowest BCUT2D eigenvalue weighted by atomic mass is 9.97. The highest BCUT2D eigenvalue weighted by molar-refractivity contribution is 5.79. The molecule has 0 amide bonds. The van der Waals surface area contributed by atoms with Gasteiger partial charge in [-0.25, -0.2) is 0 Å². The summed E-state index contributed by atoms with van der Waals surface area (Å²) in [5, 5.41) is 9.32. The van der Waals surface area contributed by atoms with Gasteiger partial charge in [-0.3, -0.25) is 4.98 Å². The highest BCUT2D eigenvalue weighted by Crippen LogP contribution is 2.24. The normalized spacial score (nSPS) is 12.6. The van der Waals surface area contributed by atoms with Gasteiger partial charge in [0.05, 0.1) is 22.9 Å². The molecule has 0 aliphatic rings. The van der Waals surface area contributed by atoms with Gasteiger partial charge >= 0.3 is 0 Å². The maximum atomic E-state index is 6.42. The number of pyridine rings is 1. The minimum atomic E-state index is -0.204. The van der Waals surface area contributed by atoms with Crippen LogP contribution in [-0.4, -0.2) is 15.2 Å². The molecule has 2 N–H and O–H groups in total. The van der Waals surface area contributed by atoms with Crippen molar-refractivity contribution in [3.63, 3.8) is 0 Å². The first-order valence-electron chi connectivity index (χ1n) is 6.98. The molecule has 1 aromatic carbocycles. The number of fused-ring (bicyclic) bond motifs is 1. The molecule has 0 aliphatic heterocycles. The molecule has 4 heteroatoms. The van der Waals surface area contributed by atoms with Gasteiger partial charge < -0.3 is 5.73 Å². The van der Waals surface area contributed by atoms with Crippen molar-refractivity contribution in [1.82, 2.24) is 15.2 Å². The molecule has 3 rings (SSSR count). The van der Waals surface area contributed by atoms with Crippen LogP contribution in [0.15, 0.2) is 36.4 Å². The van der Waals surface area contributed by atoms with E-state index in [0.717, 1.165) is 39.1 Å². The molecule has 1 unspecified atom stereocenters. The number of nitrogens with two attached hydrogens (primary N) is 1. The standard InChI is InChI=1S/C17H18N4/c1-10-4-5-13-9-14(6-7-16(13)19-10)17(18)15-8-11(2)20-21-12(15)3/h4-9,17H,18H2,1-3H3. The molecule has 4 nitrogen and oxygen atoms in total. The Kier molecular flexibility index (Phi) is 3.39. The minimum Gasteiger partial charge on any atom is -0.320 e. The number of aryl methyl sites for hydroxylation is 3. The van der Waals surface area contributed by atoms with Gasteiger partial charge in [-0.15, -0.1) is 0 Å². The van der Waals surface area contributed by atoms with Crippen molar-refractivity contribution in [1.29, 1.82) is 0 Å². The summed E-state index contributed by atoms with van der Waals surface area (Å²) in [4.78, 5) is 4.52. The largest absolute Gasteiger partial charge is 0.320 e. The third-order valence-electron chi connectivity index (χ3n) is 3.69. The first kappa shape index (κ1) is 13.6. The molecular formula is C17H18N4. The van der Waals surface area contributed by atoms with Crippen molar-refractivity contribution in [2.24, 2.45) is 5.73 Å². The predicted molar refractivity (Wildman–Crippen MR) is 84.0 cm³/mol. The summed E-state index contributed by atoms with van der Waals surface area (Å²) in [5.74, 6) is 0. The first-order valence-corrected chi connectivity index (χ1v) is 6.98. The van der Waals surface area contributed by atoms with Crippen LogP contribution in [0.4, 0.5) is 0 Å². The molecule has 106 valence electrons. The van der Waals surface area contributed by atoms with Crippen LogP contribution in [-0.2, 0) is 0 Å². The number of hydrogen-bond acceptors (Lipinski definition) is 4. The molecule has 21 heavy (non-hydrogen) atoms. The van der Waals surface area contributed by atoms with E-state index in [2.05, 4.69) is 27.3 Å². The van der Waals surface area contributed by atoms with Gasteiger partial charge in [0.25, 0.3) is 0 Å². The summed E-state index contributed by atoms with van der Waals surface area (Å²) in [7, 11) is 0. The van der Waals surface area contributed by atoms with Crippen LogP contribution in [0.2, 0.25) is 0 Å². The van der Waals surface area contributed by atoms with Crippen LogP contribution >= 0.6 is 0 Å². The van der Waals surface area contributed by atoms with Crippen molar-refractivity contribution in [3.8, 4) is 0 Å². The SMILES string of the molecule is Cc1cc(C(N)c2ccc3nc(C)ccc3c2)c(C)nn1. The lowest BCUT2D eigenvalue weighted by molar-refractivity contribution is 0.814. The average molecular weight is 278 g/mol. The van der Waals surface area contributed by atoms with Crippen LogP contribution in [0.3, 0.4) is 0 Å². The summed E-state index contributed by atoms with van der Waals surface area (Å²) in [6.07, 6.45) is 0. The fourth-order valence-corrected chi connectivity index (χ4v) is 2.50. The quantitative estimate of drug-likeness (QED) is 0.782. The zero-order chi connectivity index (χ0) is 15.0. The Hall–Kier alpha value is -2.33. The number of rotatable bonds is 2. The van der Waals surface area contributed by atoms with E-state index in [-0.39, 0.29) is 6.04 Å². The van der Waals surface area contributed by atoms with Crippen LogP contribution in [0, 0.1) is 20.8 Å². The van der Waals surface area contributed by atoms with Crippen LogP contribution in [0.25, 0.3) is 10.9 Å². The maximum Gasteiger partial charge on any atom is 0.0705 e. The molecule has 0 bridgehead atoms. The zero-order valence-electron chi connectivity index (χ0n) is 12.5. The van der Waals surface area contributed by atoms with Gasteiger partial charge in [0.1, 0.15) is 0 Å². The summed E-state index contributed by atoms with van der Waals surface area (Å²) in [6, 6.07) is 12.1. The summed E-state index contributed by atoms with van der Waals surface area (Å²) < 4.78 is 0. The Morgan fingerprint density at radius 1 is 0.905 bits per heavy atom. The number of benzene rings is 1. The van der Waals surface area contributed by atoms with E-state index >= 15 is 0 Å². The Labute approximate surface area is 124 Å². The number of nitrogens with zero attached hydrogens (tertiary/aromatic N) is 3. The van der Waals surface area contributed by atoms with Crippen molar-refractivity contribution in [2.45, 2.75) is 26.8 Å². The topological polar surface area (TPSA) is 64.7 Å². The summed E-state index contributed by atoms with van der Waals surface area (Å²) in [5.41, 5.74) is 12.3. The second kappa shape index (κ2) is 5.22. The Balaban J connectivity index is 2.07. The smallest absolute Gasteiger partial charge is 0.0705 e. The van der Waals surface area contributed by atoms with E-state index < -0.39 is 0 Å². The van der Waals surface area contributed by atoms with Crippen LogP contribution in [0.1, 0.15) is 34.3 Å². The first-order chi connectivity index (χ1) is 10.0. The highest BCUT2D eigenvalue weighted by Gasteiger charge is 2.14. The number of aromatic nitrogens is 3. The highest BCUT2D eigenvalue weighted by atomic mass is 15.1. The number of hydrogen-bond donors (Lipinski definition) is 1. The second-order valence-electron chi connectivity index (χ2n) is 5.41. The minimum absolute atomic E-state index is 0.204. The predicted octanol–water partition coefficient (Wildman–Crippen LogP) is 3.00. The summed E-state index contributed by atoms with van der Waals surface area (Å²) >= 11 is 0. The molecule has 0 radical (unpaired) electrons. The maximum absolute atomic E-state index is 6.42. The molecule has 2 aromatic heterocycles. The van der Waals surface area contributed by atoms with E-state index in [1.54, 1.807) is 0 Å². The second-order valence-corrected chi connectivity index (χ2v) is 5.41. The molecule has 0 fully saturated rings. The van der Waals surface area contributed by atoms with Crippen molar-refractivity contribution in [2.75, 3.05) is 0 Å². The lowest BCUT2D eigenvalue weighted by Gasteiger charge is -2.15.